The Kier molecular flexibility index (Phi) is 7.67. The van der Waals surface area contributed by atoms with Gasteiger partial charge in [-0.2, -0.15) is 0 Å². The van der Waals surface area contributed by atoms with Crippen LogP contribution in [-0.4, -0.2) is 19.9 Å². The smallest absolute Gasteiger partial charge is 0.159 e. The van der Waals surface area contributed by atoms with Gasteiger partial charge in [0.25, 0.3) is 0 Å². The molecule has 1 aliphatic rings. The topological polar surface area (TPSA) is 40.5 Å². The van der Waals surface area contributed by atoms with Crippen LogP contribution in [0.3, 0.4) is 0 Å². The first-order valence-corrected chi connectivity index (χ1v) is 11.8. The zero-order valence-corrected chi connectivity index (χ0v) is 21.0. The molecule has 2 nitrogen and oxygen atoms in total. The lowest BCUT2D eigenvalue weighted by molar-refractivity contribution is 0.105. The molecule has 0 spiro atoms. The van der Waals surface area contributed by atoms with E-state index in [-0.39, 0.29) is 11.1 Å². The highest BCUT2D eigenvalue weighted by Crippen LogP contribution is 2.44. The average molecular weight is 680 g/mol. The Bertz CT molecular complexity index is 984. The minimum atomic E-state index is -1.03. The van der Waals surface area contributed by atoms with Crippen molar-refractivity contribution in [1.29, 1.82) is 0 Å². The molecule has 0 heterocycles. The highest BCUT2D eigenvalue weighted by Gasteiger charge is 2.39. The number of aliphatic hydroxyl groups excluding tert-OH is 2. The summed E-state index contributed by atoms with van der Waals surface area (Å²) in [5, 5.41) is 21.0. The van der Waals surface area contributed by atoms with Crippen molar-refractivity contribution in [1.82, 2.24) is 0 Å². The summed E-state index contributed by atoms with van der Waals surface area (Å²) < 4.78 is 53.5. The lowest BCUT2D eigenvalue weighted by Gasteiger charge is -2.34. The standard InChI is InChI=1S/C10H8Br2F2O2.C10H4Br2F2/c11-7-8(12)10(16)4-2-6(14)5(13)1-3(4)9(7)15;11-7-1-5-3-9(13)10(14)4-6(5)2-8(7)12/h1-2,7-10,15-16H;1-4H. The average Bonchev–Trinajstić information content (AvgIpc) is 2.69. The Morgan fingerprint density at radius 2 is 0.867 bits per heavy atom. The number of aliphatic hydroxyl groups is 2. The van der Waals surface area contributed by atoms with Crippen LogP contribution in [0.15, 0.2) is 45.3 Å². The van der Waals surface area contributed by atoms with Gasteiger partial charge in [-0.15, -0.1) is 0 Å². The zero-order chi connectivity index (χ0) is 22.3. The quantitative estimate of drug-likeness (QED) is 0.195. The van der Waals surface area contributed by atoms with E-state index in [2.05, 4.69) is 63.7 Å². The molecule has 4 atom stereocenters. The van der Waals surface area contributed by atoms with Crippen molar-refractivity contribution in [3.05, 3.63) is 79.7 Å². The summed E-state index contributed by atoms with van der Waals surface area (Å²) in [6.45, 7) is 0. The molecule has 0 bridgehead atoms. The molecule has 3 aromatic carbocycles. The molecule has 0 aromatic heterocycles. The van der Waals surface area contributed by atoms with Crippen LogP contribution in [-0.2, 0) is 0 Å². The van der Waals surface area contributed by atoms with Crippen molar-refractivity contribution < 1.29 is 27.8 Å². The van der Waals surface area contributed by atoms with E-state index in [1.165, 1.54) is 12.1 Å². The monoisotopic (exact) mass is 676 g/mol. The Balaban J connectivity index is 0.000000172. The summed E-state index contributed by atoms with van der Waals surface area (Å²) in [6.07, 6.45) is -1.98. The summed E-state index contributed by atoms with van der Waals surface area (Å²) >= 11 is 13.0. The summed E-state index contributed by atoms with van der Waals surface area (Å²) in [4.78, 5) is -0.917. The number of alkyl halides is 2. The van der Waals surface area contributed by atoms with Crippen LogP contribution in [0.2, 0.25) is 0 Å². The number of hydrogen-bond donors (Lipinski definition) is 2. The van der Waals surface area contributed by atoms with Crippen LogP contribution < -0.4 is 0 Å². The second-order valence-corrected chi connectivity index (χ2v) is 10.4. The molecular formula is C20H12Br4F4O2. The van der Waals surface area contributed by atoms with Gasteiger partial charge in [-0.25, -0.2) is 17.6 Å². The SMILES string of the molecule is Fc1cc2cc(Br)c(Br)cc2cc1F.OC1c2cc(F)c(F)cc2C(O)C(Br)C1Br. The third-order valence-electron chi connectivity index (χ3n) is 4.59. The fourth-order valence-electron chi connectivity index (χ4n) is 3.02. The highest BCUT2D eigenvalue weighted by molar-refractivity contribution is 9.13. The maximum absolute atomic E-state index is 13.0. The summed E-state index contributed by atoms with van der Waals surface area (Å²) in [6, 6.07) is 7.69. The Hall–Kier alpha value is -0.520. The first-order chi connectivity index (χ1) is 14.0. The van der Waals surface area contributed by atoms with Gasteiger partial charge in [0, 0.05) is 8.95 Å². The second kappa shape index (κ2) is 9.54. The Labute approximate surface area is 202 Å². The van der Waals surface area contributed by atoms with Gasteiger partial charge < -0.3 is 10.2 Å². The second-order valence-electron chi connectivity index (χ2n) is 6.55. The molecule has 0 fully saturated rings. The summed E-state index contributed by atoms with van der Waals surface area (Å²) in [5.74, 6) is -3.71. The first-order valence-electron chi connectivity index (χ1n) is 8.38. The van der Waals surface area contributed by atoms with E-state index in [1.54, 1.807) is 12.1 Å². The molecular weight excluding hydrogens is 668 g/mol. The predicted molar refractivity (Wildman–Crippen MR) is 121 cm³/mol. The van der Waals surface area contributed by atoms with Crippen molar-refractivity contribution in [3.63, 3.8) is 0 Å². The van der Waals surface area contributed by atoms with Gasteiger partial charge in [-0.3, -0.25) is 0 Å². The van der Waals surface area contributed by atoms with Crippen molar-refractivity contribution in [3.8, 4) is 0 Å². The predicted octanol–water partition coefficient (Wildman–Crippen LogP) is 7.22. The number of halogens is 8. The molecule has 4 unspecified atom stereocenters. The Morgan fingerprint density at radius 3 is 1.20 bits per heavy atom. The zero-order valence-electron chi connectivity index (χ0n) is 14.7. The van der Waals surface area contributed by atoms with Gasteiger partial charge in [0.2, 0.25) is 0 Å². The van der Waals surface area contributed by atoms with Gasteiger partial charge in [0.15, 0.2) is 23.3 Å². The molecule has 0 aliphatic heterocycles. The maximum atomic E-state index is 13.0. The van der Waals surface area contributed by atoms with Gasteiger partial charge in [-0.05, 0) is 90.2 Å². The van der Waals surface area contributed by atoms with Crippen molar-refractivity contribution in [2.45, 2.75) is 21.9 Å². The fourth-order valence-corrected chi connectivity index (χ4v) is 4.89. The van der Waals surface area contributed by atoms with Crippen LogP contribution in [0.1, 0.15) is 23.3 Å². The highest BCUT2D eigenvalue weighted by atomic mass is 79.9. The minimum Gasteiger partial charge on any atom is -0.387 e. The van der Waals surface area contributed by atoms with Crippen LogP contribution >= 0.6 is 63.7 Å². The van der Waals surface area contributed by atoms with Gasteiger partial charge in [-0.1, -0.05) is 31.9 Å². The van der Waals surface area contributed by atoms with E-state index < -0.39 is 45.1 Å². The van der Waals surface area contributed by atoms with E-state index in [0.29, 0.717) is 10.8 Å². The summed E-state index contributed by atoms with van der Waals surface area (Å²) in [7, 11) is 0. The Morgan fingerprint density at radius 1 is 0.567 bits per heavy atom. The molecule has 0 amide bonds. The molecule has 160 valence electrons. The number of fused-ring (bicyclic) bond motifs is 2. The molecule has 10 heteroatoms. The summed E-state index contributed by atoms with van der Waals surface area (Å²) in [5.41, 5.74) is 0.424. The van der Waals surface area contributed by atoms with E-state index in [1.807, 2.05) is 0 Å². The molecule has 3 aromatic rings. The third kappa shape index (κ3) is 4.78. The van der Waals surface area contributed by atoms with Gasteiger partial charge in [0.05, 0.1) is 21.9 Å². The van der Waals surface area contributed by atoms with E-state index in [4.69, 9.17) is 0 Å². The maximum Gasteiger partial charge on any atom is 0.159 e. The third-order valence-corrected chi connectivity index (χ3v) is 9.28. The lowest BCUT2D eigenvalue weighted by atomic mass is 9.87. The normalized spacial score (nSPS) is 23.0. The largest absolute Gasteiger partial charge is 0.387 e. The van der Waals surface area contributed by atoms with Crippen LogP contribution in [0, 0.1) is 23.3 Å². The number of hydrogen-bond acceptors (Lipinski definition) is 2. The van der Waals surface area contributed by atoms with E-state index in [9.17, 15) is 27.8 Å². The molecule has 0 saturated carbocycles. The van der Waals surface area contributed by atoms with E-state index >= 15 is 0 Å². The lowest BCUT2D eigenvalue weighted by Crippen LogP contribution is -2.34. The minimum absolute atomic E-state index is 0.212. The molecule has 0 saturated heterocycles. The molecule has 0 radical (unpaired) electrons. The van der Waals surface area contributed by atoms with Crippen molar-refractivity contribution in [2.24, 2.45) is 0 Å². The van der Waals surface area contributed by atoms with Crippen molar-refractivity contribution in [2.75, 3.05) is 0 Å². The fraction of sp³-hybridized carbons (Fsp3) is 0.200. The first kappa shape index (κ1) is 24.1. The molecule has 1 aliphatic carbocycles. The molecule has 4 rings (SSSR count). The van der Waals surface area contributed by atoms with Crippen LogP contribution in [0.25, 0.3) is 10.8 Å². The number of benzene rings is 3. The van der Waals surface area contributed by atoms with Crippen molar-refractivity contribution >= 4 is 74.5 Å². The van der Waals surface area contributed by atoms with Crippen LogP contribution in [0.4, 0.5) is 17.6 Å². The van der Waals surface area contributed by atoms with Gasteiger partial charge >= 0.3 is 0 Å². The molecule has 30 heavy (non-hydrogen) atoms. The number of rotatable bonds is 0. The van der Waals surface area contributed by atoms with Crippen LogP contribution in [0.5, 0.6) is 0 Å². The van der Waals surface area contributed by atoms with E-state index in [0.717, 1.165) is 21.1 Å². The molecule has 2 N–H and O–H groups in total. The van der Waals surface area contributed by atoms with Gasteiger partial charge in [0.1, 0.15) is 0 Å².